The molecule has 1 heterocycles. The van der Waals surface area contributed by atoms with Crippen molar-refractivity contribution in [3.05, 3.63) is 29.8 Å². The van der Waals surface area contributed by atoms with Gasteiger partial charge < -0.3 is 10.2 Å². The Hall–Kier alpha value is -0.870. The molecular formula is C19H33IN4O2S. The Kier molecular flexibility index (Phi) is 7.74. The number of halogens is 1. The molecule has 0 atom stereocenters. The fourth-order valence-corrected chi connectivity index (χ4v) is 3.84. The van der Waals surface area contributed by atoms with Crippen LogP contribution in [0.5, 0.6) is 0 Å². The van der Waals surface area contributed by atoms with E-state index in [0.717, 1.165) is 24.6 Å². The average Bonchev–Trinajstić information content (AvgIpc) is 2.57. The maximum Gasteiger partial charge on any atom is 0.242 e. The van der Waals surface area contributed by atoms with Gasteiger partial charge in [-0.25, -0.2) is 17.7 Å². The molecule has 0 amide bonds. The largest absolute Gasteiger partial charge is 0.356 e. The first-order chi connectivity index (χ1) is 11.9. The van der Waals surface area contributed by atoms with Crippen molar-refractivity contribution in [2.75, 3.05) is 27.2 Å². The van der Waals surface area contributed by atoms with E-state index >= 15 is 0 Å². The molecule has 0 unspecified atom stereocenters. The lowest BCUT2D eigenvalue weighted by molar-refractivity contribution is -0.0667. The van der Waals surface area contributed by atoms with Crippen molar-refractivity contribution in [2.24, 2.45) is 10.4 Å². The van der Waals surface area contributed by atoms with Gasteiger partial charge in [-0.05, 0) is 38.5 Å². The number of rotatable bonds is 5. The van der Waals surface area contributed by atoms with Crippen molar-refractivity contribution in [2.45, 2.75) is 51.6 Å². The lowest BCUT2D eigenvalue weighted by Gasteiger charge is -2.62. The molecule has 0 spiro atoms. The summed E-state index contributed by atoms with van der Waals surface area (Å²) in [6.45, 7) is 13.4. The van der Waals surface area contributed by atoms with E-state index < -0.39 is 10.0 Å². The standard InChI is InChI=1S/C19H32N4O2S.HI/c1-8-20-17(23-14-18(2,3)19(23,4)5)21-13-15-9-11-16(12-10-15)26(24,25)22(6)7;/h9-12H,8,13-14H2,1-7H3,(H,20,21);1H. The molecule has 1 fully saturated rings. The molecule has 1 aromatic carbocycles. The minimum Gasteiger partial charge on any atom is -0.356 e. The van der Waals surface area contributed by atoms with Crippen molar-refractivity contribution in [1.82, 2.24) is 14.5 Å². The maximum atomic E-state index is 12.1. The third-order valence-corrected chi connectivity index (χ3v) is 7.42. The Labute approximate surface area is 181 Å². The number of hydrogen-bond donors (Lipinski definition) is 1. The van der Waals surface area contributed by atoms with Crippen molar-refractivity contribution in [1.29, 1.82) is 0 Å². The van der Waals surface area contributed by atoms with Crippen molar-refractivity contribution in [3.8, 4) is 0 Å². The van der Waals surface area contributed by atoms with Gasteiger partial charge in [0.1, 0.15) is 0 Å². The van der Waals surface area contributed by atoms with E-state index in [1.165, 1.54) is 18.4 Å². The molecule has 1 aromatic rings. The molecule has 0 saturated carbocycles. The highest BCUT2D eigenvalue weighted by Gasteiger charge is 2.53. The number of nitrogens with one attached hydrogen (secondary N) is 1. The van der Waals surface area contributed by atoms with Gasteiger partial charge in [0.25, 0.3) is 0 Å². The number of benzene rings is 1. The van der Waals surface area contributed by atoms with Gasteiger partial charge in [-0.1, -0.05) is 26.0 Å². The van der Waals surface area contributed by atoms with E-state index in [-0.39, 0.29) is 34.9 Å². The van der Waals surface area contributed by atoms with Gasteiger partial charge in [0.2, 0.25) is 10.0 Å². The summed E-state index contributed by atoms with van der Waals surface area (Å²) in [5, 5.41) is 3.37. The van der Waals surface area contributed by atoms with Crippen molar-refractivity contribution in [3.63, 3.8) is 0 Å². The molecular weight excluding hydrogens is 475 g/mol. The normalized spacial score (nSPS) is 18.7. The molecule has 2 rings (SSSR count). The molecule has 1 N–H and O–H groups in total. The van der Waals surface area contributed by atoms with Crippen LogP contribution in [0.4, 0.5) is 0 Å². The molecule has 1 aliphatic rings. The summed E-state index contributed by atoms with van der Waals surface area (Å²) in [6, 6.07) is 6.94. The third-order valence-electron chi connectivity index (χ3n) is 5.59. The Bertz CT molecular complexity index is 771. The van der Waals surface area contributed by atoms with Crippen molar-refractivity contribution < 1.29 is 8.42 Å². The first kappa shape index (κ1) is 24.2. The molecule has 0 bridgehead atoms. The summed E-state index contributed by atoms with van der Waals surface area (Å²) >= 11 is 0. The van der Waals surface area contributed by atoms with E-state index in [2.05, 4.69) is 44.8 Å². The van der Waals surface area contributed by atoms with E-state index in [1.54, 1.807) is 12.1 Å². The minimum absolute atomic E-state index is 0. The number of aliphatic imine (C=N–C) groups is 1. The monoisotopic (exact) mass is 508 g/mol. The van der Waals surface area contributed by atoms with E-state index in [9.17, 15) is 8.42 Å². The quantitative estimate of drug-likeness (QED) is 0.377. The SMILES string of the molecule is CCNC(=NCc1ccc(S(=O)(=O)N(C)C)cc1)N1CC(C)(C)C1(C)C.I. The third kappa shape index (κ3) is 4.76. The number of hydrogen-bond acceptors (Lipinski definition) is 3. The zero-order valence-electron chi connectivity index (χ0n) is 17.4. The average molecular weight is 508 g/mol. The predicted octanol–water partition coefficient (Wildman–Crippen LogP) is 3.14. The summed E-state index contributed by atoms with van der Waals surface area (Å²) in [7, 11) is -0.325. The summed E-state index contributed by atoms with van der Waals surface area (Å²) in [5.41, 5.74) is 1.26. The molecule has 0 aliphatic carbocycles. The highest BCUT2D eigenvalue weighted by Crippen LogP contribution is 2.46. The van der Waals surface area contributed by atoms with Crippen LogP contribution in [0.25, 0.3) is 0 Å². The van der Waals surface area contributed by atoms with E-state index in [1.807, 2.05) is 12.1 Å². The Morgan fingerprint density at radius 3 is 2.15 bits per heavy atom. The summed E-state index contributed by atoms with van der Waals surface area (Å²) < 4.78 is 25.5. The van der Waals surface area contributed by atoms with Crippen LogP contribution in [0.15, 0.2) is 34.2 Å². The van der Waals surface area contributed by atoms with E-state index in [0.29, 0.717) is 11.4 Å². The molecule has 0 aromatic heterocycles. The molecule has 8 heteroatoms. The van der Waals surface area contributed by atoms with Gasteiger partial charge in [0.05, 0.1) is 11.4 Å². The molecule has 154 valence electrons. The zero-order chi connectivity index (χ0) is 19.8. The van der Waals surface area contributed by atoms with Gasteiger partial charge in [-0.3, -0.25) is 0 Å². The number of nitrogens with zero attached hydrogens (tertiary/aromatic N) is 3. The second kappa shape index (κ2) is 8.65. The summed E-state index contributed by atoms with van der Waals surface area (Å²) in [6.07, 6.45) is 0. The maximum absolute atomic E-state index is 12.1. The van der Waals surface area contributed by atoms with Gasteiger partial charge in [-0.2, -0.15) is 0 Å². The van der Waals surface area contributed by atoms with Crippen LogP contribution in [0.2, 0.25) is 0 Å². The number of sulfonamides is 1. The smallest absolute Gasteiger partial charge is 0.242 e. The first-order valence-corrected chi connectivity index (χ1v) is 10.4. The van der Waals surface area contributed by atoms with Crippen LogP contribution in [0.3, 0.4) is 0 Å². The van der Waals surface area contributed by atoms with Gasteiger partial charge >= 0.3 is 0 Å². The topological polar surface area (TPSA) is 65.0 Å². The highest BCUT2D eigenvalue weighted by molar-refractivity contribution is 14.0. The second-order valence-electron chi connectivity index (χ2n) is 8.13. The lowest BCUT2D eigenvalue weighted by atomic mass is 9.65. The van der Waals surface area contributed by atoms with Crippen LogP contribution in [-0.4, -0.2) is 56.3 Å². The van der Waals surface area contributed by atoms with Crippen molar-refractivity contribution >= 4 is 40.0 Å². The van der Waals surface area contributed by atoms with Crippen LogP contribution >= 0.6 is 24.0 Å². The number of likely N-dealkylation sites (tertiary alicyclic amines) is 1. The minimum atomic E-state index is -3.39. The highest BCUT2D eigenvalue weighted by atomic mass is 127. The molecule has 1 saturated heterocycles. The summed E-state index contributed by atoms with van der Waals surface area (Å²) in [4.78, 5) is 7.37. The Morgan fingerprint density at radius 2 is 1.74 bits per heavy atom. The fraction of sp³-hybridized carbons (Fsp3) is 0.632. The second-order valence-corrected chi connectivity index (χ2v) is 10.3. The number of guanidine groups is 1. The van der Waals surface area contributed by atoms with Crippen LogP contribution in [0, 0.1) is 5.41 Å². The predicted molar refractivity (Wildman–Crippen MR) is 122 cm³/mol. The first-order valence-electron chi connectivity index (χ1n) is 9.01. The molecule has 1 aliphatic heterocycles. The lowest BCUT2D eigenvalue weighted by Crippen LogP contribution is -2.72. The zero-order valence-corrected chi connectivity index (χ0v) is 20.6. The van der Waals surface area contributed by atoms with Gasteiger partial charge in [0, 0.05) is 38.1 Å². The molecule has 0 radical (unpaired) electrons. The molecule has 6 nitrogen and oxygen atoms in total. The van der Waals surface area contributed by atoms with E-state index in [4.69, 9.17) is 4.99 Å². The fourth-order valence-electron chi connectivity index (χ4n) is 2.94. The Balaban J connectivity index is 0.00000364. The van der Waals surface area contributed by atoms with Crippen LogP contribution in [-0.2, 0) is 16.6 Å². The van der Waals surface area contributed by atoms with Crippen LogP contribution < -0.4 is 5.32 Å². The Morgan fingerprint density at radius 1 is 1.19 bits per heavy atom. The summed E-state index contributed by atoms with van der Waals surface area (Å²) in [5.74, 6) is 0.904. The van der Waals surface area contributed by atoms with Gasteiger partial charge in [0.15, 0.2) is 5.96 Å². The van der Waals surface area contributed by atoms with Gasteiger partial charge in [-0.15, -0.1) is 24.0 Å². The molecule has 27 heavy (non-hydrogen) atoms. The van der Waals surface area contributed by atoms with Crippen LogP contribution in [0.1, 0.15) is 40.2 Å².